The third-order valence-corrected chi connectivity index (χ3v) is 2.47. The number of hydrogen-bond donors (Lipinski definition) is 4. The Balaban J connectivity index is 4.08. The molecule has 0 bridgehead atoms. The summed E-state index contributed by atoms with van der Waals surface area (Å²) in [6.45, 7) is 11.0. The second-order valence-electron chi connectivity index (χ2n) is 6.42. The van der Waals surface area contributed by atoms with Crippen LogP contribution in [0.1, 0.15) is 41.0 Å². The highest BCUT2D eigenvalue weighted by Crippen LogP contribution is 2.26. The number of hydrogen-bond acceptors (Lipinski definition) is 4. The van der Waals surface area contributed by atoms with Crippen molar-refractivity contribution in [3.05, 3.63) is 0 Å². The molecule has 0 rings (SSSR count). The molecule has 98 valence electrons. The Labute approximate surface area is 99.2 Å². The number of nitrogens with two attached hydrogens (primary N) is 1. The van der Waals surface area contributed by atoms with E-state index >= 15 is 0 Å². The Hall–Kier alpha value is -0.160. The van der Waals surface area contributed by atoms with Crippen LogP contribution in [0, 0.1) is 5.41 Å². The first kappa shape index (κ1) is 15.8. The van der Waals surface area contributed by atoms with E-state index in [9.17, 15) is 5.11 Å². The van der Waals surface area contributed by atoms with Gasteiger partial charge in [0.05, 0.1) is 18.8 Å². The molecule has 0 fully saturated rings. The summed E-state index contributed by atoms with van der Waals surface area (Å²) in [6.07, 6.45) is 0.297. The number of rotatable bonds is 6. The molecule has 0 aromatic carbocycles. The van der Waals surface area contributed by atoms with Crippen LogP contribution < -0.4 is 11.1 Å². The molecule has 0 heterocycles. The van der Waals surface area contributed by atoms with E-state index in [0.29, 0.717) is 6.54 Å². The van der Waals surface area contributed by atoms with Gasteiger partial charge in [0.15, 0.2) is 0 Å². The first-order chi connectivity index (χ1) is 7.07. The summed E-state index contributed by atoms with van der Waals surface area (Å²) in [5.74, 6) is 0. The summed E-state index contributed by atoms with van der Waals surface area (Å²) in [7, 11) is 0. The highest BCUT2D eigenvalue weighted by Gasteiger charge is 2.26. The lowest BCUT2D eigenvalue weighted by atomic mass is 9.81. The molecular weight excluding hydrogens is 204 g/mol. The Bertz CT molecular complexity index is 200. The lowest BCUT2D eigenvalue weighted by Gasteiger charge is -2.34. The van der Waals surface area contributed by atoms with Crippen molar-refractivity contribution in [1.82, 2.24) is 5.32 Å². The van der Waals surface area contributed by atoms with Crippen LogP contribution >= 0.6 is 0 Å². The molecule has 2 atom stereocenters. The van der Waals surface area contributed by atoms with Gasteiger partial charge < -0.3 is 21.3 Å². The lowest BCUT2D eigenvalue weighted by molar-refractivity contribution is 0.0957. The molecule has 4 heteroatoms. The van der Waals surface area contributed by atoms with Crippen molar-refractivity contribution < 1.29 is 10.2 Å². The zero-order chi connectivity index (χ0) is 13.0. The van der Waals surface area contributed by atoms with Crippen LogP contribution in [0.15, 0.2) is 0 Å². The van der Waals surface area contributed by atoms with E-state index in [2.05, 4.69) is 39.9 Å². The SMILES string of the molecule is CC(C)(C)CC(C)(C)NCC(O)C(N)CO. The minimum atomic E-state index is -0.704. The van der Waals surface area contributed by atoms with Gasteiger partial charge >= 0.3 is 0 Å². The van der Waals surface area contributed by atoms with E-state index in [0.717, 1.165) is 6.42 Å². The fourth-order valence-corrected chi connectivity index (χ4v) is 2.04. The lowest BCUT2D eigenvalue weighted by Crippen LogP contribution is -2.50. The van der Waals surface area contributed by atoms with E-state index in [1.54, 1.807) is 0 Å². The highest BCUT2D eigenvalue weighted by molar-refractivity contribution is 4.85. The van der Waals surface area contributed by atoms with Gasteiger partial charge in [-0.2, -0.15) is 0 Å². The first-order valence-electron chi connectivity index (χ1n) is 5.87. The van der Waals surface area contributed by atoms with Crippen molar-refractivity contribution >= 4 is 0 Å². The molecule has 0 aliphatic carbocycles. The minimum Gasteiger partial charge on any atom is -0.395 e. The van der Waals surface area contributed by atoms with Crippen molar-refractivity contribution in [2.45, 2.75) is 58.7 Å². The average molecular weight is 232 g/mol. The average Bonchev–Trinajstić information content (AvgIpc) is 2.09. The predicted molar refractivity (Wildman–Crippen MR) is 67.2 cm³/mol. The summed E-state index contributed by atoms with van der Waals surface area (Å²) >= 11 is 0. The summed E-state index contributed by atoms with van der Waals surface area (Å²) in [4.78, 5) is 0. The molecule has 4 nitrogen and oxygen atoms in total. The van der Waals surface area contributed by atoms with Gasteiger partial charge in [0.2, 0.25) is 0 Å². The van der Waals surface area contributed by atoms with Crippen LogP contribution in [-0.2, 0) is 0 Å². The molecule has 5 N–H and O–H groups in total. The second kappa shape index (κ2) is 5.96. The van der Waals surface area contributed by atoms with Gasteiger partial charge in [0.25, 0.3) is 0 Å². The smallest absolute Gasteiger partial charge is 0.0837 e. The normalized spacial score (nSPS) is 17.2. The Kier molecular flexibility index (Phi) is 5.90. The minimum absolute atomic E-state index is 0.0472. The van der Waals surface area contributed by atoms with Crippen LogP contribution in [0.3, 0.4) is 0 Å². The van der Waals surface area contributed by atoms with Crippen molar-refractivity contribution in [3.8, 4) is 0 Å². The van der Waals surface area contributed by atoms with Crippen LogP contribution in [0.2, 0.25) is 0 Å². The number of aliphatic hydroxyl groups excluding tert-OH is 2. The topological polar surface area (TPSA) is 78.5 Å². The molecule has 0 aliphatic rings. The van der Waals surface area contributed by atoms with Crippen molar-refractivity contribution in [1.29, 1.82) is 0 Å². The fourth-order valence-electron chi connectivity index (χ4n) is 2.04. The summed E-state index contributed by atoms with van der Waals surface area (Å²) in [5, 5.41) is 21.7. The maximum Gasteiger partial charge on any atom is 0.0837 e. The largest absolute Gasteiger partial charge is 0.395 e. The van der Waals surface area contributed by atoms with E-state index in [1.165, 1.54) is 0 Å². The van der Waals surface area contributed by atoms with E-state index in [-0.39, 0.29) is 17.6 Å². The number of nitrogens with one attached hydrogen (secondary N) is 1. The predicted octanol–water partition coefficient (Wildman–Crippen LogP) is 0.471. The molecule has 0 aliphatic heterocycles. The Morgan fingerprint density at radius 1 is 1.19 bits per heavy atom. The van der Waals surface area contributed by atoms with Gasteiger partial charge in [0, 0.05) is 12.1 Å². The van der Waals surface area contributed by atoms with E-state index < -0.39 is 12.1 Å². The molecule has 0 saturated heterocycles. The molecule has 0 saturated carbocycles. The quantitative estimate of drug-likeness (QED) is 0.537. The Morgan fingerprint density at radius 2 is 1.69 bits per heavy atom. The Morgan fingerprint density at radius 3 is 2.06 bits per heavy atom. The molecule has 2 unspecified atom stereocenters. The zero-order valence-corrected chi connectivity index (χ0v) is 11.2. The van der Waals surface area contributed by atoms with Crippen molar-refractivity contribution in [2.24, 2.45) is 11.1 Å². The highest BCUT2D eigenvalue weighted by atomic mass is 16.3. The number of β-amino-alcohol motifs (C(OH)–C–C–N with tert-alkyl or cyclic N) is 1. The number of aliphatic hydroxyl groups is 2. The summed E-state index contributed by atoms with van der Waals surface area (Å²) in [5.41, 5.74) is 5.72. The fraction of sp³-hybridized carbons (Fsp3) is 1.00. The van der Waals surface area contributed by atoms with E-state index in [1.807, 2.05) is 0 Å². The van der Waals surface area contributed by atoms with Gasteiger partial charge in [-0.1, -0.05) is 20.8 Å². The van der Waals surface area contributed by atoms with Crippen LogP contribution in [0.4, 0.5) is 0 Å². The first-order valence-corrected chi connectivity index (χ1v) is 5.87. The van der Waals surface area contributed by atoms with Gasteiger partial charge in [-0.05, 0) is 25.7 Å². The second-order valence-corrected chi connectivity index (χ2v) is 6.42. The molecule has 0 amide bonds. The van der Waals surface area contributed by atoms with Crippen LogP contribution in [-0.4, -0.2) is 41.0 Å². The maximum absolute atomic E-state index is 9.63. The zero-order valence-electron chi connectivity index (χ0n) is 11.2. The summed E-state index contributed by atoms with van der Waals surface area (Å²) < 4.78 is 0. The molecule has 16 heavy (non-hydrogen) atoms. The summed E-state index contributed by atoms with van der Waals surface area (Å²) in [6, 6.07) is -0.571. The van der Waals surface area contributed by atoms with Gasteiger partial charge in [-0.25, -0.2) is 0 Å². The van der Waals surface area contributed by atoms with Crippen molar-refractivity contribution in [2.75, 3.05) is 13.2 Å². The molecule has 0 aromatic heterocycles. The van der Waals surface area contributed by atoms with Gasteiger partial charge in [-0.15, -0.1) is 0 Å². The molecule has 0 spiro atoms. The van der Waals surface area contributed by atoms with Gasteiger partial charge in [-0.3, -0.25) is 0 Å². The monoisotopic (exact) mass is 232 g/mol. The molecule has 0 aromatic rings. The third-order valence-electron chi connectivity index (χ3n) is 2.47. The third kappa shape index (κ3) is 7.17. The van der Waals surface area contributed by atoms with Crippen molar-refractivity contribution in [3.63, 3.8) is 0 Å². The maximum atomic E-state index is 9.63. The molecular formula is C12H28N2O2. The van der Waals surface area contributed by atoms with Gasteiger partial charge in [0.1, 0.15) is 0 Å². The van der Waals surface area contributed by atoms with E-state index in [4.69, 9.17) is 10.8 Å². The van der Waals surface area contributed by atoms with Crippen LogP contribution in [0.5, 0.6) is 0 Å². The standard InChI is InChI=1S/C12H28N2O2/c1-11(2,3)8-12(4,5)14-6-10(16)9(13)7-15/h9-10,14-16H,6-8,13H2,1-5H3. The molecule has 0 radical (unpaired) electrons. The van der Waals surface area contributed by atoms with Crippen LogP contribution in [0.25, 0.3) is 0 Å².